The standard InChI is InChI=1S/C17H15F2NO5S/c1-26(23)14-9-5-2-6-11(14)16(22)24-10-15(21)20-12-7-3-4-8-13(12)25-17(18)19/h2-9,17H,10H2,1H3,(H,20,21)/t26-/m1/s1. The minimum Gasteiger partial charge on any atom is -0.452 e. The summed E-state index contributed by atoms with van der Waals surface area (Å²) in [4.78, 5) is 24.3. The molecule has 0 fully saturated rings. The average Bonchev–Trinajstić information content (AvgIpc) is 2.61. The van der Waals surface area contributed by atoms with Gasteiger partial charge in [0.1, 0.15) is 5.75 Å². The molecule has 0 heterocycles. The monoisotopic (exact) mass is 383 g/mol. The number of hydrogen-bond donors (Lipinski definition) is 1. The second-order valence-corrected chi connectivity index (χ2v) is 6.30. The molecule has 1 amide bonds. The normalized spacial score (nSPS) is 11.7. The third kappa shape index (κ3) is 5.35. The largest absolute Gasteiger partial charge is 0.452 e. The van der Waals surface area contributed by atoms with Crippen LogP contribution in [0.15, 0.2) is 53.4 Å². The minimum absolute atomic E-state index is 0.0175. The lowest BCUT2D eigenvalue weighted by atomic mass is 10.2. The van der Waals surface area contributed by atoms with Gasteiger partial charge in [-0.1, -0.05) is 24.3 Å². The van der Waals surface area contributed by atoms with Crippen molar-refractivity contribution in [1.82, 2.24) is 0 Å². The average molecular weight is 383 g/mol. The summed E-state index contributed by atoms with van der Waals surface area (Å²) in [5.41, 5.74) is 0.103. The first-order valence-electron chi connectivity index (χ1n) is 7.31. The zero-order chi connectivity index (χ0) is 19.1. The smallest absolute Gasteiger partial charge is 0.387 e. The van der Waals surface area contributed by atoms with E-state index in [1.807, 2.05) is 0 Å². The van der Waals surface area contributed by atoms with Crippen molar-refractivity contribution in [1.29, 1.82) is 0 Å². The van der Waals surface area contributed by atoms with Crippen molar-refractivity contribution in [2.75, 3.05) is 18.2 Å². The van der Waals surface area contributed by atoms with Crippen molar-refractivity contribution < 1.29 is 32.1 Å². The molecular formula is C17H15F2NO5S. The van der Waals surface area contributed by atoms with E-state index in [2.05, 4.69) is 10.1 Å². The molecule has 0 unspecified atom stereocenters. The third-order valence-corrected chi connectivity index (χ3v) is 4.10. The van der Waals surface area contributed by atoms with Crippen molar-refractivity contribution in [3.63, 3.8) is 0 Å². The fourth-order valence-electron chi connectivity index (χ4n) is 2.05. The van der Waals surface area contributed by atoms with Gasteiger partial charge in [-0.15, -0.1) is 0 Å². The van der Waals surface area contributed by atoms with Gasteiger partial charge in [-0.05, 0) is 24.3 Å². The number of carbonyl (C=O) groups is 2. The van der Waals surface area contributed by atoms with E-state index in [-0.39, 0.29) is 21.9 Å². The molecule has 1 atom stereocenters. The highest BCUT2D eigenvalue weighted by Gasteiger charge is 2.17. The summed E-state index contributed by atoms with van der Waals surface area (Å²) in [6.45, 7) is -3.69. The highest BCUT2D eigenvalue weighted by Crippen LogP contribution is 2.25. The first-order valence-corrected chi connectivity index (χ1v) is 8.87. The summed E-state index contributed by atoms with van der Waals surface area (Å²) in [6, 6.07) is 11.8. The van der Waals surface area contributed by atoms with E-state index in [0.717, 1.165) is 0 Å². The van der Waals surface area contributed by atoms with Crippen LogP contribution in [0.25, 0.3) is 0 Å². The van der Waals surface area contributed by atoms with Crippen LogP contribution < -0.4 is 10.1 Å². The number of hydrogen-bond acceptors (Lipinski definition) is 5. The maximum absolute atomic E-state index is 12.4. The van der Waals surface area contributed by atoms with Crippen LogP contribution in [0.1, 0.15) is 10.4 Å². The molecule has 138 valence electrons. The Hall–Kier alpha value is -2.81. The predicted molar refractivity (Wildman–Crippen MR) is 90.8 cm³/mol. The summed E-state index contributed by atoms with van der Waals surface area (Å²) in [5, 5.41) is 2.33. The Morgan fingerprint density at radius 2 is 1.77 bits per heavy atom. The van der Waals surface area contributed by atoms with Crippen LogP contribution in [0.3, 0.4) is 0 Å². The molecular weight excluding hydrogens is 368 g/mol. The number of carbonyl (C=O) groups excluding carboxylic acids is 2. The summed E-state index contributed by atoms with van der Waals surface area (Å²) in [6.07, 6.45) is 1.42. The van der Waals surface area contributed by atoms with E-state index in [1.54, 1.807) is 12.1 Å². The number of halogens is 2. The molecule has 0 saturated carbocycles. The number of ether oxygens (including phenoxy) is 2. The van der Waals surface area contributed by atoms with Crippen molar-refractivity contribution in [2.45, 2.75) is 11.5 Å². The quantitative estimate of drug-likeness (QED) is 0.744. The molecule has 0 spiro atoms. The highest BCUT2D eigenvalue weighted by atomic mass is 32.2. The number of nitrogens with one attached hydrogen (secondary N) is 1. The topological polar surface area (TPSA) is 81.7 Å². The van der Waals surface area contributed by atoms with Crippen LogP contribution in [0.5, 0.6) is 5.75 Å². The molecule has 0 aliphatic rings. The Balaban J connectivity index is 2.00. The first kappa shape index (κ1) is 19.5. The van der Waals surface area contributed by atoms with Crippen LogP contribution in [0.2, 0.25) is 0 Å². The van der Waals surface area contributed by atoms with Crippen LogP contribution in [0, 0.1) is 0 Å². The Kier molecular flexibility index (Phi) is 6.79. The van der Waals surface area contributed by atoms with E-state index in [1.165, 1.54) is 42.7 Å². The molecule has 2 aromatic carbocycles. The molecule has 1 N–H and O–H groups in total. The van der Waals surface area contributed by atoms with E-state index in [9.17, 15) is 22.6 Å². The molecule has 2 rings (SSSR count). The molecule has 0 saturated heterocycles. The number of anilines is 1. The lowest BCUT2D eigenvalue weighted by Crippen LogP contribution is -2.22. The van der Waals surface area contributed by atoms with Crippen LogP contribution in [0.4, 0.5) is 14.5 Å². The van der Waals surface area contributed by atoms with Crippen LogP contribution in [-0.4, -0.2) is 35.6 Å². The zero-order valence-corrected chi connectivity index (χ0v) is 14.4. The lowest BCUT2D eigenvalue weighted by molar-refractivity contribution is -0.119. The Morgan fingerprint density at radius 1 is 1.12 bits per heavy atom. The van der Waals surface area contributed by atoms with Gasteiger partial charge < -0.3 is 14.8 Å². The minimum atomic E-state index is -3.04. The number of benzene rings is 2. The second kappa shape index (κ2) is 9.04. The van der Waals surface area contributed by atoms with Crippen molar-refractivity contribution in [3.8, 4) is 5.75 Å². The summed E-state index contributed by atoms with van der Waals surface area (Å²) < 4.78 is 45.5. The van der Waals surface area contributed by atoms with Crippen molar-refractivity contribution >= 4 is 28.4 Å². The van der Waals surface area contributed by atoms with Gasteiger partial charge >= 0.3 is 12.6 Å². The molecule has 9 heteroatoms. The Morgan fingerprint density at radius 3 is 2.46 bits per heavy atom. The SMILES string of the molecule is C[S@@](=O)c1ccccc1C(=O)OCC(=O)Nc1ccccc1OC(F)F. The fraction of sp³-hybridized carbons (Fsp3) is 0.176. The Bertz CT molecular complexity index is 828. The molecule has 26 heavy (non-hydrogen) atoms. The van der Waals surface area contributed by atoms with Gasteiger partial charge in [0.05, 0.1) is 26.9 Å². The van der Waals surface area contributed by atoms with Gasteiger partial charge in [-0.3, -0.25) is 9.00 Å². The van der Waals surface area contributed by atoms with Crippen molar-refractivity contribution in [2.24, 2.45) is 0 Å². The van der Waals surface area contributed by atoms with Gasteiger partial charge in [0.15, 0.2) is 6.61 Å². The first-order chi connectivity index (χ1) is 12.4. The number of rotatable bonds is 7. The number of esters is 1. The molecule has 0 aliphatic carbocycles. The molecule has 0 radical (unpaired) electrons. The van der Waals surface area contributed by atoms with Gasteiger partial charge in [0.25, 0.3) is 5.91 Å². The fourth-order valence-corrected chi connectivity index (χ4v) is 2.78. The highest BCUT2D eigenvalue weighted by molar-refractivity contribution is 7.84. The molecule has 0 aromatic heterocycles. The summed E-state index contributed by atoms with van der Waals surface area (Å²) in [5.74, 6) is -1.77. The molecule has 6 nitrogen and oxygen atoms in total. The number of amides is 1. The van der Waals surface area contributed by atoms with E-state index < -0.39 is 35.9 Å². The second-order valence-electron chi connectivity index (χ2n) is 4.95. The van der Waals surface area contributed by atoms with Gasteiger partial charge in [0.2, 0.25) is 0 Å². The molecule has 2 aromatic rings. The maximum Gasteiger partial charge on any atom is 0.387 e. The van der Waals surface area contributed by atoms with E-state index >= 15 is 0 Å². The molecule has 0 aliphatic heterocycles. The predicted octanol–water partition coefficient (Wildman–Crippen LogP) is 2.82. The lowest BCUT2D eigenvalue weighted by Gasteiger charge is -2.12. The number of para-hydroxylation sites is 2. The number of alkyl halides is 2. The zero-order valence-electron chi connectivity index (χ0n) is 13.6. The van der Waals surface area contributed by atoms with Gasteiger partial charge in [-0.2, -0.15) is 8.78 Å². The van der Waals surface area contributed by atoms with Crippen LogP contribution >= 0.6 is 0 Å². The van der Waals surface area contributed by atoms with Gasteiger partial charge in [0, 0.05) is 6.26 Å². The van der Waals surface area contributed by atoms with Crippen molar-refractivity contribution in [3.05, 3.63) is 54.1 Å². The van der Waals surface area contributed by atoms with Gasteiger partial charge in [-0.25, -0.2) is 4.79 Å². The van der Waals surface area contributed by atoms with E-state index in [0.29, 0.717) is 0 Å². The maximum atomic E-state index is 12.4. The van der Waals surface area contributed by atoms with Crippen LogP contribution in [-0.2, 0) is 20.3 Å². The third-order valence-electron chi connectivity index (χ3n) is 3.13. The Labute approximate surface area is 150 Å². The summed E-state index contributed by atoms with van der Waals surface area (Å²) >= 11 is 0. The van der Waals surface area contributed by atoms with E-state index in [4.69, 9.17) is 4.74 Å². The summed E-state index contributed by atoms with van der Waals surface area (Å²) in [7, 11) is -1.40. The molecule has 0 bridgehead atoms.